The predicted molar refractivity (Wildman–Crippen MR) is 93.4 cm³/mol. The van der Waals surface area contributed by atoms with Gasteiger partial charge in [0.1, 0.15) is 5.70 Å². The van der Waals surface area contributed by atoms with Crippen molar-refractivity contribution in [2.75, 3.05) is 14.2 Å². The van der Waals surface area contributed by atoms with Crippen molar-refractivity contribution in [3.63, 3.8) is 0 Å². The highest BCUT2D eigenvalue weighted by Gasteiger charge is 2.26. The Labute approximate surface area is 150 Å². The Bertz CT molecular complexity index is 586. The number of amides is 1. The zero-order valence-corrected chi connectivity index (χ0v) is 15.8. The molecule has 24 heavy (non-hydrogen) atoms. The Balaban J connectivity index is 3.03. The van der Waals surface area contributed by atoms with Crippen LogP contribution in [-0.2, 0) is 25.6 Å². The van der Waals surface area contributed by atoms with E-state index < -0.39 is 18.2 Å². The van der Waals surface area contributed by atoms with Gasteiger partial charge in [0, 0.05) is 0 Å². The average Bonchev–Trinajstić information content (AvgIpc) is 2.59. The number of nitrogens with one attached hydrogen (secondary N) is 1. The van der Waals surface area contributed by atoms with Crippen LogP contribution in [0.2, 0.25) is 0 Å². The van der Waals surface area contributed by atoms with Gasteiger partial charge in [0.2, 0.25) is 0 Å². The van der Waals surface area contributed by atoms with Crippen molar-refractivity contribution in [3.05, 3.63) is 46.1 Å². The van der Waals surface area contributed by atoms with Crippen LogP contribution in [0, 0.1) is 5.92 Å². The molecule has 1 aromatic carbocycles. The van der Waals surface area contributed by atoms with E-state index >= 15 is 0 Å². The molecule has 0 aliphatic carbocycles. The third-order valence-electron chi connectivity index (χ3n) is 3.17. The van der Waals surface area contributed by atoms with E-state index in [1.165, 1.54) is 14.2 Å². The molecule has 1 N–H and O–H groups in total. The van der Waals surface area contributed by atoms with Gasteiger partial charge in [0.25, 0.3) is 0 Å². The number of rotatable bonds is 7. The molecule has 0 saturated carbocycles. The number of esters is 1. The highest BCUT2D eigenvalue weighted by molar-refractivity contribution is 9.11. The van der Waals surface area contributed by atoms with Crippen LogP contribution in [0.15, 0.2) is 40.5 Å². The van der Waals surface area contributed by atoms with E-state index in [1.807, 2.05) is 44.2 Å². The molecular weight excluding hydrogens is 378 g/mol. The topological polar surface area (TPSA) is 73.9 Å². The SMILES string of the molecule is COC(=O)N/C(C(=O)OC)=C(/Br)[C@@H](OCc1ccccc1)C(C)C. The number of halogens is 1. The van der Waals surface area contributed by atoms with Crippen LogP contribution in [0.4, 0.5) is 4.79 Å². The molecule has 7 heteroatoms. The van der Waals surface area contributed by atoms with Gasteiger partial charge in [-0.3, -0.25) is 5.32 Å². The Hall–Kier alpha value is -1.86. The zero-order valence-electron chi connectivity index (χ0n) is 14.2. The first kappa shape index (κ1) is 20.2. The number of carbonyl (C=O) groups is 2. The normalized spacial score (nSPS) is 13.1. The molecule has 1 amide bonds. The lowest BCUT2D eigenvalue weighted by Gasteiger charge is -2.23. The molecule has 0 unspecified atom stereocenters. The number of hydrogen-bond donors (Lipinski definition) is 1. The Morgan fingerprint density at radius 2 is 1.75 bits per heavy atom. The molecule has 0 bridgehead atoms. The van der Waals surface area contributed by atoms with Crippen molar-refractivity contribution in [1.82, 2.24) is 5.32 Å². The predicted octanol–water partition coefficient (Wildman–Crippen LogP) is 3.36. The van der Waals surface area contributed by atoms with Crippen LogP contribution in [0.25, 0.3) is 0 Å². The van der Waals surface area contributed by atoms with Crippen molar-refractivity contribution in [1.29, 1.82) is 0 Å². The molecule has 0 fully saturated rings. The second kappa shape index (κ2) is 10.1. The number of methoxy groups -OCH3 is 2. The molecule has 0 saturated heterocycles. The van der Waals surface area contributed by atoms with E-state index in [4.69, 9.17) is 9.47 Å². The lowest BCUT2D eigenvalue weighted by atomic mass is 10.1. The molecule has 0 radical (unpaired) electrons. The molecule has 1 rings (SSSR count). The van der Waals surface area contributed by atoms with Crippen LogP contribution in [0.5, 0.6) is 0 Å². The van der Waals surface area contributed by atoms with Crippen LogP contribution >= 0.6 is 15.9 Å². The fourth-order valence-electron chi connectivity index (χ4n) is 1.92. The van der Waals surface area contributed by atoms with Crippen molar-refractivity contribution in [3.8, 4) is 0 Å². The summed E-state index contributed by atoms with van der Waals surface area (Å²) in [4.78, 5) is 23.5. The summed E-state index contributed by atoms with van der Waals surface area (Å²) in [5, 5.41) is 2.37. The Morgan fingerprint density at radius 1 is 1.12 bits per heavy atom. The fourth-order valence-corrected chi connectivity index (χ4v) is 2.85. The van der Waals surface area contributed by atoms with E-state index in [-0.39, 0.29) is 11.6 Å². The third kappa shape index (κ3) is 5.98. The molecule has 0 heterocycles. The minimum atomic E-state index is -0.766. The summed E-state index contributed by atoms with van der Waals surface area (Å²) in [5.41, 5.74) is 0.958. The largest absolute Gasteiger partial charge is 0.464 e. The summed E-state index contributed by atoms with van der Waals surface area (Å²) in [6, 6.07) is 9.67. The number of ether oxygens (including phenoxy) is 3. The van der Waals surface area contributed by atoms with Crippen LogP contribution < -0.4 is 5.32 Å². The van der Waals surface area contributed by atoms with Gasteiger partial charge in [-0.05, 0) is 11.5 Å². The first-order valence-electron chi connectivity index (χ1n) is 7.39. The smallest absolute Gasteiger partial charge is 0.411 e. The van der Waals surface area contributed by atoms with Crippen molar-refractivity contribution in [2.24, 2.45) is 5.92 Å². The van der Waals surface area contributed by atoms with Gasteiger partial charge in [0.05, 0.1) is 31.4 Å². The maximum atomic E-state index is 12.0. The molecule has 0 aromatic heterocycles. The van der Waals surface area contributed by atoms with Gasteiger partial charge < -0.3 is 14.2 Å². The van der Waals surface area contributed by atoms with Gasteiger partial charge in [0.15, 0.2) is 0 Å². The van der Waals surface area contributed by atoms with Crippen molar-refractivity contribution in [2.45, 2.75) is 26.6 Å². The minimum Gasteiger partial charge on any atom is -0.464 e. The lowest BCUT2D eigenvalue weighted by Crippen LogP contribution is -2.32. The quantitative estimate of drug-likeness (QED) is 0.561. The van der Waals surface area contributed by atoms with Gasteiger partial charge >= 0.3 is 12.1 Å². The third-order valence-corrected chi connectivity index (χ3v) is 4.02. The molecule has 1 aromatic rings. The van der Waals surface area contributed by atoms with E-state index in [9.17, 15) is 9.59 Å². The first-order chi connectivity index (χ1) is 11.4. The standard InChI is InChI=1S/C17H22BrNO5/c1-11(2)15(24-10-12-8-6-5-7-9-12)13(18)14(16(20)22-3)19-17(21)23-4/h5-9,11,15H,10H2,1-4H3,(H,19,21)/b14-13+/t15-/m0/s1. The van der Waals surface area contributed by atoms with E-state index in [0.717, 1.165) is 5.56 Å². The fraction of sp³-hybridized carbons (Fsp3) is 0.412. The van der Waals surface area contributed by atoms with E-state index in [2.05, 4.69) is 26.0 Å². The van der Waals surface area contributed by atoms with Crippen LogP contribution in [0.3, 0.4) is 0 Å². The molecular formula is C17H22BrNO5. The summed E-state index contributed by atoms with van der Waals surface area (Å²) >= 11 is 3.37. The van der Waals surface area contributed by atoms with E-state index in [1.54, 1.807) is 0 Å². The highest BCUT2D eigenvalue weighted by atomic mass is 79.9. The van der Waals surface area contributed by atoms with Crippen molar-refractivity contribution < 1.29 is 23.8 Å². The summed E-state index contributed by atoms with van der Waals surface area (Å²) in [6.07, 6.45) is -1.21. The van der Waals surface area contributed by atoms with Gasteiger partial charge in [-0.15, -0.1) is 0 Å². The second-order valence-electron chi connectivity index (χ2n) is 5.29. The van der Waals surface area contributed by atoms with Gasteiger partial charge in [-0.2, -0.15) is 0 Å². The monoisotopic (exact) mass is 399 g/mol. The van der Waals surface area contributed by atoms with Crippen molar-refractivity contribution >= 4 is 28.0 Å². The molecule has 0 aliphatic heterocycles. The number of carbonyl (C=O) groups excluding carboxylic acids is 2. The molecule has 132 valence electrons. The molecule has 0 aliphatic rings. The molecule has 0 spiro atoms. The summed E-state index contributed by atoms with van der Waals surface area (Å²) < 4.78 is 15.6. The first-order valence-corrected chi connectivity index (χ1v) is 8.18. The number of hydrogen-bond acceptors (Lipinski definition) is 5. The summed E-state index contributed by atoms with van der Waals surface area (Å²) in [5.74, 6) is -0.650. The second-order valence-corrected chi connectivity index (χ2v) is 6.15. The van der Waals surface area contributed by atoms with Gasteiger partial charge in [-0.25, -0.2) is 9.59 Å². The Kier molecular flexibility index (Phi) is 8.49. The minimum absolute atomic E-state index is 0.0437. The zero-order chi connectivity index (χ0) is 18.1. The average molecular weight is 400 g/mol. The molecule has 1 atom stereocenters. The van der Waals surface area contributed by atoms with Crippen LogP contribution in [-0.4, -0.2) is 32.4 Å². The van der Waals surface area contributed by atoms with E-state index in [0.29, 0.717) is 11.1 Å². The maximum Gasteiger partial charge on any atom is 0.411 e. The maximum absolute atomic E-state index is 12.0. The van der Waals surface area contributed by atoms with Crippen LogP contribution in [0.1, 0.15) is 19.4 Å². The molecule has 6 nitrogen and oxygen atoms in total. The summed E-state index contributed by atoms with van der Waals surface area (Å²) in [7, 11) is 2.45. The lowest BCUT2D eigenvalue weighted by molar-refractivity contribution is -0.136. The number of alkyl carbamates (subject to hydrolysis) is 1. The number of benzene rings is 1. The Morgan fingerprint density at radius 3 is 2.25 bits per heavy atom. The summed E-state index contributed by atoms with van der Waals surface area (Å²) in [6.45, 7) is 4.26. The van der Waals surface area contributed by atoms with Gasteiger partial charge in [-0.1, -0.05) is 60.1 Å². The highest BCUT2D eigenvalue weighted by Crippen LogP contribution is 2.26.